The number of rotatable bonds is 5. The van der Waals surface area contributed by atoms with E-state index in [1.54, 1.807) is 24.3 Å². The summed E-state index contributed by atoms with van der Waals surface area (Å²) in [5.74, 6) is 0.196. The van der Waals surface area contributed by atoms with Gasteiger partial charge in [-0.1, -0.05) is 17.4 Å². The molecule has 0 spiro atoms. The number of carbonyl (C=O) groups excluding carboxylic acids is 1. The maximum absolute atomic E-state index is 12.9. The lowest BCUT2D eigenvalue weighted by atomic mass is 10.1. The molecule has 0 saturated heterocycles. The van der Waals surface area contributed by atoms with Gasteiger partial charge in [-0.05, 0) is 41.8 Å². The topological polar surface area (TPSA) is 73.3 Å². The van der Waals surface area contributed by atoms with Gasteiger partial charge in [0.1, 0.15) is 17.1 Å². The highest BCUT2D eigenvalue weighted by Crippen LogP contribution is 2.39. The first-order chi connectivity index (χ1) is 14.8. The molecular weight excluding hydrogens is 451 g/mol. The van der Waals surface area contributed by atoms with Crippen molar-refractivity contribution in [2.75, 3.05) is 19.5 Å². The van der Waals surface area contributed by atoms with Gasteiger partial charge in [-0.2, -0.15) is 13.2 Å². The summed E-state index contributed by atoms with van der Waals surface area (Å²) in [4.78, 5) is 13.4. The van der Waals surface area contributed by atoms with E-state index in [1.807, 2.05) is 0 Å². The third-order valence-electron chi connectivity index (χ3n) is 4.35. The van der Waals surface area contributed by atoms with E-state index >= 15 is 0 Å². The number of hydrogen-bond acceptors (Lipinski definition) is 7. The molecule has 160 valence electrons. The number of methoxy groups -OCH3 is 2. The van der Waals surface area contributed by atoms with Crippen molar-refractivity contribution >= 4 is 43.8 Å². The summed E-state index contributed by atoms with van der Waals surface area (Å²) >= 11 is 2.41. The van der Waals surface area contributed by atoms with Crippen LogP contribution in [0.2, 0.25) is 0 Å². The van der Waals surface area contributed by atoms with Gasteiger partial charge in [0.15, 0.2) is 5.01 Å². The molecule has 0 saturated carbocycles. The summed E-state index contributed by atoms with van der Waals surface area (Å²) in [6, 6.07) is 10.2. The Labute approximate surface area is 182 Å². The number of aromatic nitrogens is 2. The Morgan fingerprint density at radius 3 is 2.35 bits per heavy atom. The van der Waals surface area contributed by atoms with Crippen molar-refractivity contribution in [3.63, 3.8) is 0 Å². The zero-order chi connectivity index (χ0) is 22.2. The Hall–Kier alpha value is -3.18. The Bertz CT molecular complexity index is 1250. The van der Waals surface area contributed by atoms with Crippen molar-refractivity contribution in [2.45, 2.75) is 6.18 Å². The number of nitrogens with one attached hydrogen (secondary N) is 1. The van der Waals surface area contributed by atoms with E-state index in [1.165, 1.54) is 31.6 Å². The van der Waals surface area contributed by atoms with Crippen molar-refractivity contribution < 1.29 is 27.4 Å². The van der Waals surface area contributed by atoms with Gasteiger partial charge < -0.3 is 9.47 Å². The molecule has 0 radical (unpaired) electrons. The normalized spacial score (nSPS) is 11.5. The summed E-state index contributed by atoms with van der Waals surface area (Å²) < 4.78 is 50.0. The quantitative estimate of drug-likeness (QED) is 0.409. The lowest BCUT2D eigenvalue weighted by molar-refractivity contribution is -0.137. The van der Waals surface area contributed by atoms with Crippen molar-refractivity contribution in [3.8, 4) is 21.4 Å². The van der Waals surface area contributed by atoms with Crippen LogP contribution >= 0.6 is 22.7 Å². The van der Waals surface area contributed by atoms with E-state index in [4.69, 9.17) is 9.47 Å². The molecule has 0 bridgehead atoms. The number of hydrogen-bond donors (Lipinski definition) is 1. The average Bonchev–Trinajstić information content (AvgIpc) is 3.38. The summed E-state index contributed by atoms with van der Waals surface area (Å²) in [5.41, 5.74) is -0.494. The first-order valence-electron chi connectivity index (χ1n) is 8.77. The largest absolute Gasteiger partial charge is 0.496 e. The van der Waals surface area contributed by atoms with Gasteiger partial charge in [0.05, 0.1) is 24.7 Å². The SMILES string of the molecule is COc1cccc(OC)c1C(=O)Nc1nnc(-c2cc3cc(C(F)(F)F)ccc3s2)s1. The Balaban J connectivity index is 1.60. The number of benzene rings is 2. The van der Waals surface area contributed by atoms with Crippen LogP contribution in [0.3, 0.4) is 0 Å². The second kappa shape index (κ2) is 8.16. The molecule has 4 aromatic rings. The highest BCUT2D eigenvalue weighted by Gasteiger charge is 2.30. The number of halogens is 3. The second-order valence-corrected chi connectivity index (χ2v) is 8.33. The van der Waals surface area contributed by atoms with E-state index in [0.717, 1.165) is 23.5 Å². The third kappa shape index (κ3) is 4.19. The maximum atomic E-state index is 12.9. The van der Waals surface area contributed by atoms with Crippen LogP contribution in [-0.2, 0) is 6.18 Å². The number of thiophene rings is 1. The first-order valence-corrected chi connectivity index (χ1v) is 10.4. The van der Waals surface area contributed by atoms with Crippen molar-refractivity contribution in [1.29, 1.82) is 0 Å². The number of nitrogens with zero attached hydrogens (tertiary/aromatic N) is 2. The number of carbonyl (C=O) groups is 1. The molecule has 1 amide bonds. The predicted octanol–water partition coefficient (Wildman–Crippen LogP) is 5.71. The Kier molecular flexibility index (Phi) is 5.54. The number of anilines is 1. The van der Waals surface area contributed by atoms with Crippen molar-refractivity contribution in [2.24, 2.45) is 0 Å². The van der Waals surface area contributed by atoms with Crippen LogP contribution in [0.5, 0.6) is 11.5 Å². The van der Waals surface area contributed by atoms with E-state index in [9.17, 15) is 18.0 Å². The van der Waals surface area contributed by atoms with Gasteiger partial charge in [0.25, 0.3) is 5.91 Å². The fourth-order valence-corrected chi connectivity index (χ4v) is 4.76. The third-order valence-corrected chi connectivity index (χ3v) is 6.48. The molecule has 0 aliphatic rings. The molecule has 4 rings (SSSR count). The average molecular weight is 465 g/mol. The van der Waals surface area contributed by atoms with Crippen LogP contribution in [0.15, 0.2) is 42.5 Å². The first kappa shape index (κ1) is 21.1. The second-order valence-electron chi connectivity index (χ2n) is 6.27. The smallest absolute Gasteiger partial charge is 0.416 e. The fourth-order valence-electron chi connectivity index (χ4n) is 2.93. The van der Waals surface area contributed by atoms with E-state index in [2.05, 4.69) is 15.5 Å². The van der Waals surface area contributed by atoms with Crippen LogP contribution in [0.1, 0.15) is 15.9 Å². The lowest BCUT2D eigenvalue weighted by Gasteiger charge is -2.11. The van der Waals surface area contributed by atoms with Crippen LogP contribution in [0.4, 0.5) is 18.3 Å². The van der Waals surface area contributed by atoms with E-state index in [0.29, 0.717) is 31.5 Å². The number of ether oxygens (including phenoxy) is 2. The van der Waals surface area contributed by atoms with Gasteiger partial charge in [-0.3, -0.25) is 10.1 Å². The number of amides is 1. The highest BCUT2D eigenvalue weighted by molar-refractivity contribution is 7.26. The molecule has 0 aliphatic carbocycles. The number of alkyl halides is 3. The molecule has 6 nitrogen and oxygen atoms in total. The van der Waals surface area contributed by atoms with Gasteiger partial charge in [0, 0.05) is 4.70 Å². The van der Waals surface area contributed by atoms with Gasteiger partial charge in [-0.15, -0.1) is 21.5 Å². The minimum Gasteiger partial charge on any atom is -0.496 e. The van der Waals surface area contributed by atoms with Crippen LogP contribution in [0.25, 0.3) is 20.0 Å². The summed E-state index contributed by atoms with van der Waals surface area (Å²) in [5, 5.41) is 11.9. The zero-order valence-corrected chi connectivity index (χ0v) is 17.7. The maximum Gasteiger partial charge on any atom is 0.416 e. The molecule has 2 aromatic carbocycles. The minimum atomic E-state index is -4.41. The van der Waals surface area contributed by atoms with E-state index < -0.39 is 17.6 Å². The predicted molar refractivity (Wildman–Crippen MR) is 113 cm³/mol. The van der Waals surface area contributed by atoms with Crippen molar-refractivity contribution in [1.82, 2.24) is 10.2 Å². The summed E-state index contributed by atoms with van der Waals surface area (Å²) in [6.07, 6.45) is -4.41. The molecule has 0 atom stereocenters. The fraction of sp³-hybridized carbons (Fsp3) is 0.150. The van der Waals surface area contributed by atoms with Gasteiger partial charge in [0.2, 0.25) is 5.13 Å². The summed E-state index contributed by atoms with van der Waals surface area (Å²) in [7, 11) is 2.89. The van der Waals surface area contributed by atoms with E-state index in [-0.39, 0.29) is 10.7 Å². The molecule has 1 N–H and O–H groups in total. The number of fused-ring (bicyclic) bond motifs is 1. The molecule has 2 aromatic heterocycles. The van der Waals surface area contributed by atoms with Gasteiger partial charge >= 0.3 is 6.18 Å². The van der Waals surface area contributed by atoms with Crippen LogP contribution < -0.4 is 14.8 Å². The van der Waals surface area contributed by atoms with Crippen LogP contribution in [0, 0.1) is 0 Å². The van der Waals surface area contributed by atoms with Crippen molar-refractivity contribution in [3.05, 3.63) is 53.6 Å². The Morgan fingerprint density at radius 1 is 1.00 bits per heavy atom. The molecule has 2 heterocycles. The molecule has 11 heteroatoms. The molecule has 31 heavy (non-hydrogen) atoms. The molecule has 0 fully saturated rings. The monoisotopic (exact) mass is 465 g/mol. The molecule has 0 unspecified atom stereocenters. The standard InChI is InChI=1S/C20H14F3N3O3S2/c1-28-12-4-3-5-13(29-2)16(12)17(27)24-19-26-25-18(31-19)15-9-10-8-11(20(21,22)23)6-7-14(10)30-15/h3-9H,1-2H3,(H,24,26,27). The summed E-state index contributed by atoms with van der Waals surface area (Å²) in [6.45, 7) is 0. The highest BCUT2D eigenvalue weighted by atomic mass is 32.1. The van der Waals surface area contributed by atoms with Crippen LogP contribution in [-0.4, -0.2) is 30.3 Å². The molecular formula is C20H14F3N3O3S2. The zero-order valence-electron chi connectivity index (χ0n) is 16.1. The lowest BCUT2D eigenvalue weighted by Crippen LogP contribution is -2.14. The Morgan fingerprint density at radius 2 is 1.71 bits per heavy atom. The van der Waals surface area contributed by atoms with Gasteiger partial charge in [-0.25, -0.2) is 0 Å². The minimum absolute atomic E-state index is 0.214. The molecule has 0 aliphatic heterocycles.